The third-order valence-electron chi connectivity index (χ3n) is 19.3. The molecule has 0 unspecified atom stereocenters. The molecule has 5 saturated heterocycles. The van der Waals surface area contributed by atoms with Crippen LogP contribution < -0.4 is 0 Å². The van der Waals surface area contributed by atoms with E-state index in [2.05, 4.69) is 13.5 Å². The van der Waals surface area contributed by atoms with E-state index in [1.54, 1.807) is 6.92 Å². The molecule has 0 aromatic carbocycles. The number of fused-ring (bicyclic) bond motifs is 3. The van der Waals surface area contributed by atoms with Gasteiger partial charge in [-0.15, -0.1) is 0 Å². The van der Waals surface area contributed by atoms with Gasteiger partial charge in [0.2, 0.25) is 12.1 Å². The largest absolute Gasteiger partial charge is 0.432 e. The van der Waals surface area contributed by atoms with E-state index in [0.29, 0.717) is 63.4 Å². The first-order valence-corrected chi connectivity index (χ1v) is 26.9. The molecule has 0 aromatic heterocycles. The van der Waals surface area contributed by atoms with E-state index in [-0.39, 0.29) is 11.8 Å². The van der Waals surface area contributed by atoms with Gasteiger partial charge in [-0.1, -0.05) is 19.9 Å². The Bertz CT molecular complexity index is 2090. The van der Waals surface area contributed by atoms with E-state index < -0.39 is 214 Å². The second-order valence-corrected chi connectivity index (χ2v) is 23.7. The number of hydrogen-bond acceptors (Lipinski definition) is 28. The smallest absolute Gasteiger partial charge is 0.314 e. The molecule has 1 spiro atoms. The summed E-state index contributed by atoms with van der Waals surface area (Å²) in [6.07, 6.45) is -36.1. The molecule has 0 amide bonds. The number of aliphatic hydroxyl groups excluding tert-OH is 17. The average molecular weight is 1130 g/mol. The normalized spacial score (nSPS) is 54.3. The number of rotatable bonds is 16. The van der Waals surface area contributed by atoms with E-state index in [9.17, 15) is 91.6 Å². The van der Waals surface area contributed by atoms with Crippen molar-refractivity contribution in [1.82, 2.24) is 0 Å². The Labute approximate surface area is 448 Å². The van der Waals surface area contributed by atoms with E-state index in [1.807, 2.05) is 0 Å². The molecule has 9 fully saturated rings. The summed E-state index contributed by atoms with van der Waals surface area (Å²) in [6.45, 7) is 3.49. The lowest BCUT2D eigenvalue weighted by Gasteiger charge is -2.64. The molecule has 0 radical (unpaired) electrons. The molecule has 28 nitrogen and oxygen atoms in total. The molecule has 78 heavy (non-hydrogen) atoms. The zero-order valence-corrected chi connectivity index (χ0v) is 43.3. The number of aliphatic hydroxyl groups is 17. The number of carbonyl (C=O) groups excluding carboxylic acids is 1. The van der Waals surface area contributed by atoms with Crippen molar-refractivity contribution in [3.63, 3.8) is 0 Å². The lowest BCUT2D eigenvalue weighted by Crippen LogP contribution is -2.68. The standard InChI is InChI=1S/C50H80O28/c1-19-11-48-9-5-25-46(2,7-4-8-47(25,3)45(68)76-43-37(66)34(63)29(58)24(73-43)16-69-50(18-55)40(67)31(60)23(15-54)77-50)26(48)6-10-49(19,17-48)78-44-39(75-42-36(65)33(62)28(57)21(13-52)71-42)38(30(59)22(14-53)72-44)74-41-35(64)32(61)27(56)20(12-51)70-41/h20-44,51-67H,1,4-18H2,2-3H3/t20-,21-,22-,23-,24-,25+,26-,27-,28-,29-,30-,31-,32+,33+,34+,35-,36-,37-,38+,39-,40+,41+,42+,43+,44+,46-,47-,48-,49+,50-/m1/s1. The molecule has 0 aromatic rings. The fraction of sp³-hybridized carbons (Fsp3) is 0.940. The summed E-state index contributed by atoms with van der Waals surface area (Å²) >= 11 is 0. The minimum atomic E-state index is -2.26. The highest BCUT2D eigenvalue weighted by molar-refractivity contribution is 5.77. The summed E-state index contributed by atoms with van der Waals surface area (Å²) < 4.78 is 59.8. The van der Waals surface area contributed by atoms with Crippen LogP contribution in [0.2, 0.25) is 0 Å². The Morgan fingerprint density at radius 1 is 0.564 bits per heavy atom. The van der Waals surface area contributed by atoms with Gasteiger partial charge in [0.25, 0.3) is 0 Å². The topological polar surface area (TPSA) is 453 Å². The summed E-state index contributed by atoms with van der Waals surface area (Å²) in [5, 5.41) is 181. The van der Waals surface area contributed by atoms with Crippen LogP contribution in [0.15, 0.2) is 12.2 Å². The van der Waals surface area contributed by atoms with Crippen LogP contribution in [-0.4, -0.2) is 285 Å². The summed E-state index contributed by atoms with van der Waals surface area (Å²) in [6, 6.07) is 0. The van der Waals surface area contributed by atoms with Crippen LogP contribution in [0.25, 0.3) is 0 Å². The van der Waals surface area contributed by atoms with Gasteiger partial charge in [0.1, 0.15) is 123 Å². The van der Waals surface area contributed by atoms with E-state index in [1.165, 1.54) is 0 Å². The van der Waals surface area contributed by atoms with Gasteiger partial charge >= 0.3 is 5.97 Å². The summed E-state index contributed by atoms with van der Waals surface area (Å²) in [7, 11) is 0. The molecule has 17 N–H and O–H groups in total. The molecule has 2 bridgehead atoms. The lowest BCUT2D eigenvalue weighted by atomic mass is 9.41. The monoisotopic (exact) mass is 1130 g/mol. The van der Waals surface area contributed by atoms with Gasteiger partial charge in [0.15, 0.2) is 18.9 Å². The predicted molar refractivity (Wildman–Crippen MR) is 252 cm³/mol. The summed E-state index contributed by atoms with van der Waals surface area (Å²) in [5.41, 5.74) is -2.73. The molecule has 30 atom stereocenters. The Morgan fingerprint density at radius 2 is 1.08 bits per heavy atom. The molecular weight excluding hydrogens is 1050 g/mol. The van der Waals surface area contributed by atoms with Gasteiger partial charge in [0, 0.05) is 0 Å². The Hall–Kier alpha value is -1.83. The molecule has 4 saturated carbocycles. The molecule has 448 valence electrons. The van der Waals surface area contributed by atoms with Crippen LogP contribution in [0.4, 0.5) is 0 Å². The minimum absolute atomic E-state index is 0.0548. The van der Waals surface area contributed by atoms with Crippen LogP contribution in [0, 0.1) is 28.1 Å². The molecule has 5 aliphatic heterocycles. The number of ether oxygens (including phenoxy) is 10. The highest BCUT2D eigenvalue weighted by atomic mass is 16.8. The van der Waals surface area contributed by atoms with Crippen molar-refractivity contribution < 1.29 is 139 Å². The zero-order chi connectivity index (χ0) is 56.8. The average Bonchev–Trinajstić information content (AvgIpc) is 3.93. The Kier molecular flexibility index (Phi) is 17.9. The van der Waals surface area contributed by atoms with Gasteiger partial charge in [-0.3, -0.25) is 4.79 Å². The highest BCUT2D eigenvalue weighted by Gasteiger charge is 2.70. The lowest BCUT2D eigenvalue weighted by molar-refractivity contribution is -0.400. The number of esters is 1. The fourth-order valence-electron chi connectivity index (χ4n) is 15.0. The maximum Gasteiger partial charge on any atom is 0.314 e. The van der Waals surface area contributed by atoms with Crippen LogP contribution >= 0.6 is 0 Å². The van der Waals surface area contributed by atoms with Gasteiger partial charge in [0.05, 0.1) is 44.1 Å². The molecule has 5 heterocycles. The van der Waals surface area contributed by atoms with E-state index >= 15 is 0 Å². The second-order valence-electron chi connectivity index (χ2n) is 23.7. The number of carbonyl (C=O) groups is 1. The van der Waals surface area contributed by atoms with Crippen molar-refractivity contribution in [2.75, 3.05) is 39.6 Å². The maximum atomic E-state index is 14.7. The van der Waals surface area contributed by atoms with E-state index in [4.69, 9.17) is 47.4 Å². The quantitative estimate of drug-likeness (QED) is 0.0388. The third-order valence-corrected chi connectivity index (χ3v) is 19.3. The van der Waals surface area contributed by atoms with Gasteiger partial charge in [-0.25, -0.2) is 0 Å². The van der Waals surface area contributed by atoms with Crippen LogP contribution in [0.5, 0.6) is 0 Å². The molecule has 9 aliphatic rings. The van der Waals surface area contributed by atoms with Crippen molar-refractivity contribution in [2.24, 2.45) is 28.1 Å². The van der Waals surface area contributed by atoms with Crippen molar-refractivity contribution in [2.45, 2.75) is 224 Å². The zero-order valence-electron chi connectivity index (χ0n) is 43.3. The molecule has 28 heteroatoms. The third kappa shape index (κ3) is 10.1. The van der Waals surface area contributed by atoms with Crippen molar-refractivity contribution in [3.8, 4) is 0 Å². The SMILES string of the molecule is C=C1C[C@@]23CC[C@H]4[C@@](C)(CCC[C@@]4(C)C(=O)O[C@@H]4O[C@H](CO[C@]5(CO)O[C@H](CO)[C@@H](O)[C@@H]5O)[C@@H](O)[C@H](O)[C@H]4O)[C@H]2CC[C@]1(O[C@@H]1O[C@H](CO)[C@@H](O)[C@H](O[C@@H]2O[C@H](CO)[C@@H](O)[C@H](O)[C@H]2O)[C@H]1O[C@@H]1O[C@H](CO)[C@@H](O)[C@H](O)[C@H]1O)C3. The first-order valence-electron chi connectivity index (χ1n) is 26.9. The summed E-state index contributed by atoms with van der Waals surface area (Å²) in [4.78, 5) is 14.7. The van der Waals surface area contributed by atoms with E-state index in [0.717, 1.165) is 0 Å². The Morgan fingerprint density at radius 3 is 1.64 bits per heavy atom. The second kappa shape index (κ2) is 23.0. The van der Waals surface area contributed by atoms with Gasteiger partial charge in [-0.05, 0) is 86.5 Å². The molecular formula is C50H80O28. The van der Waals surface area contributed by atoms with Crippen LogP contribution in [0.3, 0.4) is 0 Å². The first-order chi connectivity index (χ1) is 36.8. The first kappa shape index (κ1) is 60.8. The highest BCUT2D eigenvalue weighted by Crippen LogP contribution is 2.74. The molecule has 4 aliphatic carbocycles. The number of hydrogen-bond donors (Lipinski definition) is 17. The fourth-order valence-corrected chi connectivity index (χ4v) is 15.0. The Balaban J connectivity index is 0.940. The maximum absolute atomic E-state index is 14.7. The molecule has 9 rings (SSSR count). The van der Waals surface area contributed by atoms with Gasteiger partial charge < -0.3 is 134 Å². The van der Waals surface area contributed by atoms with Crippen molar-refractivity contribution >= 4 is 5.97 Å². The predicted octanol–water partition coefficient (Wildman–Crippen LogP) is -7.29. The van der Waals surface area contributed by atoms with Crippen LogP contribution in [0.1, 0.15) is 71.6 Å². The van der Waals surface area contributed by atoms with Crippen molar-refractivity contribution in [1.29, 1.82) is 0 Å². The van der Waals surface area contributed by atoms with Gasteiger partial charge in [-0.2, -0.15) is 0 Å². The van der Waals surface area contributed by atoms with Crippen LogP contribution in [-0.2, 0) is 52.2 Å². The summed E-state index contributed by atoms with van der Waals surface area (Å²) in [5.74, 6) is -3.36. The van der Waals surface area contributed by atoms with Crippen molar-refractivity contribution in [3.05, 3.63) is 12.2 Å². The minimum Gasteiger partial charge on any atom is -0.432 e.